The molecule has 26 heavy (non-hydrogen) atoms. The van der Waals surface area contributed by atoms with Crippen LogP contribution in [0.5, 0.6) is 0 Å². The van der Waals surface area contributed by atoms with Gasteiger partial charge in [-0.1, -0.05) is 25.6 Å². The van der Waals surface area contributed by atoms with Gasteiger partial charge in [0.1, 0.15) is 11.5 Å². The minimum atomic E-state index is -4.66. The van der Waals surface area contributed by atoms with Crippen LogP contribution in [0.15, 0.2) is 35.5 Å². The zero-order valence-corrected chi connectivity index (χ0v) is 14.9. The number of benzene rings is 1. The smallest absolute Gasteiger partial charge is 0.355 e. The van der Waals surface area contributed by atoms with Gasteiger partial charge < -0.3 is 5.32 Å². The highest BCUT2D eigenvalue weighted by Gasteiger charge is 2.34. The molecule has 9 heteroatoms. The minimum Gasteiger partial charge on any atom is -0.355 e. The average Bonchev–Trinajstić information content (AvgIpc) is 2.57. The first-order valence-electron chi connectivity index (χ1n) is 7.77. The molecule has 0 aliphatic rings. The van der Waals surface area contributed by atoms with Gasteiger partial charge in [0.25, 0.3) is 0 Å². The summed E-state index contributed by atoms with van der Waals surface area (Å²) in [5.74, 6) is -0.654. The van der Waals surface area contributed by atoms with Gasteiger partial charge in [0.2, 0.25) is 5.91 Å². The van der Waals surface area contributed by atoms with Crippen molar-refractivity contribution >= 4 is 17.7 Å². The Morgan fingerprint density at radius 1 is 1.19 bits per heavy atom. The molecule has 1 amide bonds. The van der Waals surface area contributed by atoms with Gasteiger partial charge in [0, 0.05) is 12.1 Å². The molecule has 0 fully saturated rings. The van der Waals surface area contributed by atoms with E-state index in [9.17, 15) is 22.4 Å². The van der Waals surface area contributed by atoms with Crippen molar-refractivity contribution in [2.45, 2.75) is 25.2 Å². The third-order valence-corrected chi connectivity index (χ3v) is 4.02. The summed E-state index contributed by atoms with van der Waals surface area (Å²) in [7, 11) is 0. The van der Waals surface area contributed by atoms with E-state index in [0.717, 1.165) is 30.0 Å². The van der Waals surface area contributed by atoms with Gasteiger partial charge in [-0.15, -0.1) is 0 Å². The van der Waals surface area contributed by atoms with Crippen molar-refractivity contribution in [3.05, 3.63) is 41.8 Å². The van der Waals surface area contributed by atoms with Gasteiger partial charge in [-0.3, -0.25) is 4.79 Å². The van der Waals surface area contributed by atoms with Crippen LogP contribution in [0.3, 0.4) is 0 Å². The highest BCUT2D eigenvalue weighted by molar-refractivity contribution is 7.99. The van der Waals surface area contributed by atoms with E-state index < -0.39 is 17.7 Å². The van der Waals surface area contributed by atoms with Crippen LogP contribution in [0.2, 0.25) is 0 Å². The second-order valence-electron chi connectivity index (χ2n) is 5.91. The molecule has 1 aromatic carbocycles. The molecule has 0 spiro atoms. The number of nitrogens with one attached hydrogen (secondary N) is 1. The van der Waals surface area contributed by atoms with Crippen molar-refractivity contribution in [2.24, 2.45) is 5.92 Å². The molecule has 0 radical (unpaired) electrons. The third kappa shape index (κ3) is 5.98. The highest BCUT2D eigenvalue weighted by atomic mass is 32.2. The fourth-order valence-corrected chi connectivity index (χ4v) is 2.59. The summed E-state index contributed by atoms with van der Waals surface area (Å²) in [6.45, 7) is 4.33. The first kappa shape index (κ1) is 20.2. The molecule has 140 valence electrons. The Morgan fingerprint density at radius 2 is 1.85 bits per heavy atom. The van der Waals surface area contributed by atoms with Gasteiger partial charge in [-0.25, -0.2) is 14.4 Å². The van der Waals surface area contributed by atoms with Gasteiger partial charge in [-0.2, -0.15) is 13.2 Å². The molecular weight excluding hydrogens is 370 g/mol. The molecule has 2 aromatic rings. The maximum atomic E-state index is 13.1. The molecule has 0 aliphatic heterocycles. The Kier molecular flexibility index (Phi) is 6.57. The van der Waals surface area contributed by atoms with Gasteiger partial charge in [-0.05, 0) is 36.2 Å². The van der Waals surface area contributed by atoms with E-state index in [2.05, 4.69) is 15.3 Å². The van der Waals surface area contributed by atoms with Crippen LogP contribution in [0.25, 0.3) is 11.3 Å². The maximum absolute atomic E-state index is 13.1. The van der Waals surface area contributed by atoms with Crippen molar-refractivity contribution in [1.29, 1.82) is 0 Å². The van der Waals surface area contributed by atoms with Gasteiger partial charge in [0.15, 0.2) is 5.16 Å². The molecule has 0 saturated heterocycles. The van der Waals surface area contributed by atoms with Crippen LogP contribution in [0.4, 0.5) is 17.6 Å². The molecule has 1 N–H and O–H groups in total. The molecule has 1 heterocycles. The number of aromatic nitrogens is 2. The molecule has 2 rings (SSSR count). The fourth-order valence-electron chi connectivity index (χ4n) is 1.90. The monoisotopic (exact) mass is 387 g/mol. The average molecular weight is 387 g/mol. The zero-order chi connectivity index (χ0) is 19.3. The summed E-state index contributed by atoms with van der Waals surface area (Å²) in [6.07, 6.45) is -4.66. The van der Waals surface area contributed by atoms with Crippen LogP contribution >= 0.6 is 11.8 Å². The Labute approximate surface area is 152 Å². The highest BCUT2D eigenvalue weighted by Crippen LogP contribution is 2.32. The van der Waals surface area contributed by atoms with E-state index in [1.165, 1.54) is 12.1 Å². The Bertz CT molecular complexity index is 764. The summed E-state index contributed by atoms with van der Waals surface area (Å²) >= 11 is 0.814. The molecule has 0 unspecified atom stereocenters. The first-order chi connectivity index (χ1) is 12.1. The lowest BCUT2D eigenvalue weighted by atomic mass is 10.1. The predicted octanol–water partition coefficient (Wildman–Crippen LogP) is 4.17. The summed E-state index contributed by atoms with van der Waals surface area (Å²) in [5.41, 5.74) is -0.778. The van der Waals surface area contributed by atoms with Crippen molar-refractivity contribution in [3.8, 4) is 11.3 Å². The maximum Gasteiger partial charge on any atom is 0.433 e. The lowest BCUT2D eigenvalue weighted by Crippen LogP contribution is -2.28. The molecule has 0 atom stereocenters. The van der Waals surface area contributed by atoms with Crippen LogP contribution in [-0.2, 0) is 11.0 Å². The van der Waals surface area contributed by atoms with Crippen LogP contribution in [0, 0.1) is 11.7 Å². The van der Waals surface area contributed by atoms with E-state index in [0.29, 0.717) is 12.1 Å². The lowest BCUT2D eigenvalue weighted by molar-refractivity contribution is -0.141. The number of carbonyl (C=O) groups excluding carboxylic acids is 1. The van der Waals surface area contributed by atoms with Crippen LogP contribution in [0.1, 0.15) is 19.5 Å². The van der Waals surface area contributed by atoms with Crippen LogP contribution in [-0.4, -0.2) is 28.2 Å². The van der Waals surface area contributed by atoms with Crippen molar-refractivity contribution in [3.63, 3.8) is 0 Å². The SMILES string of the molecule is CC(C)CNC(=O)CSc1nc(-c2ccc(F)cc2)cc(C(F)(F)F)n1. The Morgan fingerprint density at radius 3 is 2.42 bits per heavy atom. The summed E-state index contributed by atoms with van der Waals surface area (Å²) in [4.78, 5) is 19.3. The predicted molar refractivity (Wildman–Crippen MR) is 91.0 cm³/mol. The third-order valence-electron chi connectivity index (χ3n) is 3.18. The van der Waals surface area contributed by atoms with Gasteiger partial charge in [0.05, 0.1) is 11.4 Å². The summed E-state index contributed by atoms with van der Waals surface area (Å²) in [6, 6.07) is 5.74. The number of nitrogens with zero attached hydrogens (tertiary/aromatic N) is 2. The quantitative estimate of drug-likeness (QED) is 0.459. The number of thioether (sulfide) groups is 1. The Balaban J connectivity index is 2.23. The topological polar surface area (TPSA) is 54.9 Å². The molecule has 1 aromatic heterocycles. The largest absolute Gasteiger partial charge is 0.433 e. The van der Waals surface area contributed by atoms with Gasteiger partial charge >= 0.3 is 6.18 Å². The molecule has 0 bridgehead atoms. The summed E-state index contributed by atoms with van der Waals surface area (Å²) in [5, 5.41) is 2.50. The van der Waals surface area contributed by atoms with E-state index >= 15 is 0 Å². The minimum absolute atomic E-state index is 0.0115. The number of amides is 1. The molecule has 0 saturated carbocycles. The number of alkyl halides is 3. The number of rotatable bonds is 6. The number of halogens is 4. The molecule has 0 aliphatic carbocycles. The van der Waals surface area contributed by atoms with Crippen molar-refractivity contribution in [2.75, 3.05) is 12.3 Å². The second kappa shape index (κ2) is 8.48. The van der Waals surface area contributed by atoms with E-state index in [1.807, 2.05) is 13.8 Å². The normalized spacial score (nSPS) is 11.7. The molecule has 4 nitrogen and oxygen atoms in total. The lowest BCUT2D eigenvalue weighted by Gasteiger charge is -2.11. The van der Waals surface area contributed by atoms with E-state index in [4.69, 9.17) is 0 Å². The first-order valence-corrected chi connectivity index (χ1v) is 8.75. The standard InChI is InChI=1S/C17H17F4N3OS/c1-10(2)8-22-15(25)9-26-16-23-13(7-14(24-16)17(19,20)21)11-3-5-12(18)6-4-11/h3-7,10H,8-9H2,1-2H3,(H,22,25). The van der Waals surface area contributed by atoms with Crippen molar-refractivity contribution in [1.82, 2.24) is 15.3 Å². The van der Waals surface area contributed by atoms with E-state index in [-0.39, 0.29) is 28.4 Å². The summed E-state index contributed by atoms with van der Waals surface area (Å²) < 4.78 is 52.3. The number of hydrogen-bond donors (Lipinski definition) is 1. The van der Waals surface area contributed by atoms with E-state index in [1.54, 1.807) is 0 Å². The number of hydrogen-bond acceptors (Lipinski definition) is 4. The van der Waals surface area contributed by atoms with Crippen molar-refractivity contribution < 1.29 is 22.4 Å². The Hall–Kier alpha value is -2.16. The number of carbonyl (C=O) groups is 1. The molecular formula is C17H17F4N3OS. The fraction of sp³-hybridized carbons (Fsp3) is 0.353. The zero-order valence-electron chi connectivity index (χ0n) is 14.1. The second-order valence-corrected chi connectivity index (χ2v) is 6.85. The van der Waals surface area contributed by atoms with Crippen LogP contribution < -0.4 is 5.32 Å².